The van der Waals surface area contributed by atoms with Crippen molar-refractivity contribution in [2.24, 2.45) is 0 Å². The SMILES string of the molecule is CCC[C@H]1O[C@H]1CCC(=O)OC(C)(C)C. The Morgan fingerprint density at radius 2 is 1.87 bits per heavy atom. The van der Waals surface area contributed by atoms with Crippen molar-refractivity contribution in [3.05, 3.63) is 0 Å². The van der Waals surface area contributed by atoms with Gasteiger partial charge in [-0.2, -0.15) is 0 Å². The molecule has 0 unspecified atom stereocenters. The van der Waals surface area contributed by atoms with E-state index in [1.54, 1.807) is 0 Å². The highest BCUT2D eigenvalue weighted by Crippen LogP contribution is 2.30. The number of esters is 1. The van der Waals surface area contributed by atoms with E-state index in [1.807, 2.05) is 20.8 Å². The fraction of sp³-hybridized carbons (Fsp3) is 0.917. The Kier molecular flexibility index (Phi) is 4.14. The summed E-state index contributed by atoms with van der Waals surface area (Å²) in [6, 6.07) is 0. The van der Waals surface area contributed by atoms with E-state index in [0.717, 1.165) is 19.3 Å². The molecule has 1 heterocycles. The van der Waals surface area contributed by atoms with Crippen LogP contribution in [-0.2, 0) is 14.3 Å². The van der Waals surface area contributed by atoms with Gasteiger partial charge in [0, 0.05) is 6.42 Å². The van der Waals surface area contributed by atoms with Crippen molar-refractivity contribution < 1.29 is 14.3 Å². The first-order valence-corrected chi connectivity index (χ1v) is 5.79. The Labute approximate surface area is 92.1 Å². The van der Waals surface area contributed by atoms with Gasteiger partial charge in [-0.05, 0) is 33.6 Å². The monoisotopic (exact) mass is 214 g/mol. The number of epoxide rings is 1. The molecule has 3 nitrogen and oxygen atoms in total. The van der Waals surface area contributed by atoms with Gasteiger partial charge in [-0.3, -0.25) is 4.79 Å². The fourth-order valence-electron chi connectivity index (χ4n) is 1.62. The molecule has 0 bridgehead atoms. The molecule has 0 radical (unpaired) electrons. The highest BCUT2D eigenvalue weighted by atomic mass is 16.6. The summed E-state index contributed by atoms with van der Waals surface area (Å²) in [5.41, 5.74) is -0.371. The third-order valence-electron chi connectivity index (χ3n) is 2.31. The zero-order chi connectivity index (χ0) is 11.5. The second-order valence-electron chi connectivity index (χ2n) is 5.13. The van der Waals surface area contributed by atoms with Crippen LogP contribution in [0.25, 0.3) is 0 Å². The van der Waals surface area contributed by atoms with E-state index in [4.69, 9.17) is 9.47 Å². The van der Waals surface area contributed by atoms with Crippen LogP contribution in [0, 0.1) is 0 Å². The minimum absolute atomic E-state index is 0.117. The number of ether oxygens (including phenoxy) is 2. The molecule has 0 aromatic rings. The lowest BCUT2D eigenvalue weighted by Crippen LogP contribution is -2.23. The molecule has 0 spiro atoms. The molecule has 1 aliphatic heterocycles. The summed E-state index contributed by atoms with van der Waals surface area (Å²) < 4.78 is 10.6. The Morgan fingerprint density at radius 1 is 1.27 bits per heavy atom. The lowest BCUT2D eigenvalue weighted by atomic mass is 10.1. The van der Waals surface area contributed by atoms with Crippen LogP contribution in [-0.4, -0.2) is 23.8 Å². The lowest BCUT2D eigenvalue weighted by molar-refractivity contribution is -0.155. The molecule has 3 heteroatoms. The summed E-state index contributed by atoms with van der Waals surface area (Å²) in [4.78, 5) is 11.4. The molecule has 0 aromatic heterocycles. The van der Waals surface area contributed by atoms with Crippen LogP contribution < -0.4 is 0 Å². The van der Waals surface area contributed by atoms with Crippen LogP contribution in [0.1, 0.15) is 53.4 Å². The van der Waals surface area contributed by atoms with Gasteiger partial charge in [0.25, 0.3) is 0 Å². The van der Waals surface area contributed by atoms with E-state index >= 15 is 0 Å². The molecule has 0 amide bonds. The van der Waals surface area contributed by atoms with Crippen LogP contribution in [0.3, 0.4) is 0 Å². The molecule has 1 fully saturated rings. The van der Waals surface area contributed by atoms with Crippen molar-refractivity contribution in [3.63, 3.8) is 0 Å². The Bertz CT molecular complexity index is 217. The maximum absolute atomic E-state index is 11.4. The third-order valence-corrected chi connectivity index (χ3v) is 2.31. The second-order valence-corrected chi connectivity index (χ2v) is 5.13. The normalized spacial score (nSPS) is 25.1. The smallest absolute Gasteiger partial charge is 0.306 e. The maximum Gasteiger partial charge on any atom is 0.306 e. The highest BCUT2D eigenvalue weighted by molar-refractivity contribution is 5.69. The minimum atomic E-state index is -0.371. The predicted octanol–water partition coefficient (Wildman–Crippen LogP) is 2.68. The Morgan fingerprint density at radius 3 is 2.40 bits per heavy atom. The molecular formula is C12H22O3. The van der Waals surface area contributed by atoms with Crippen molar-refractivity contribution in [2.45, 2.75) is 71.2 Å². The second kappa shape index (κ2) is 4.97. The van der Waals surface area contributed by atoms with Crippen LogP contribution in [0.2, 0.25) is 0 Å². The van der Waals surface area contributed by atoms with E-state index in [0.29, 0.717) is 18.6 Å². The summed E-state index contributed by atoms with van der Waals surface area (Å²) in [6.07, 6.45) is 4.24. The van der Waals surface area contributed by atoms with Crippen LogP contribution in [0.5, 0.6) is 0 Å². The van der Waals surface area contributed by atoms with Crippen LogP contribution in [0.15, 0.2) is 0 Å². The predicted molar refractivity (Wildman–Crippen MR) is 58.6 cm³/mol. The first-order valence-electron chi connectivity index (χ1n) is 5.79. The number of rotatable bonds is 5. The average Bonchev–Trinajstić information content (AvgIpc) is 2.78. The lowest BCUT2D eigenvalue weighted by Gasteiger charge is -2.19. The van der Waals surface area contributed by atoms with E-state index in [9.17, 15) is 4.79 Å². The van der Waals surface area contributed by atoms with E-state index in [-0.39, 0.29) is 11.6 Å². The van der Waals surface area contributed by atoms with Gasteiger partial charge in [-0.15, -0.1) is 0 Å². The number of hydrogen-bond acceptors (Lipinski definition) is 3. The van der Waals surface area contributed by atoms with Crippen molar-refractivity contribution >= 4 is 5.97 Å². The van der Waals surface area contributed by atoms with Gasteiger partial charge in [-0.1, -0.05) is 13.3 Å². The molecule has 1 rings (SSSR count). The minimum Gasteiger partial charge on any atom is -0.460 e. The summed E-state index contributed by atoms with van der Waals surface area (Å²) >= 11 is 0. The van der Waals surface area contributed by atoms with Gasteiger partial charge in [-0.25, -0.2) is 0 Å². The average molecular weight is 214 g/mol. The molecule has 1 saturated heterocycles. The zero-order valence-electron chi connectivity index (χ0n) is 10.2. The molecule has 0 aromatic carbocycles. The number of hydrogen-bond donors (Lipinski definition) is 0. The fourth-order valence-corrected chi connectivity index (χ4v) is 1.62. The van der Waals surface area contributed by atoms with Crippen molar-refractivity contribution in [2.75, 3.05) is 0 Å². The first-order chi connectivity index (χ1) is 6.92. The van der Waals surface area contributed by atoms with Gasteiger partial charge in [0.2, 0.25) is 0 Å². The Hall–Kier alpha value is -0.570. The largest absolute Gasteiger partial charge is 0.460 e. The molecular weight excluding hydrogens is 192 g/mol. The van der Waals surface area contributed by atoms with Crippen molar-refractivity contribution in [3.8, 4) is 0 Å². The van der Waals surface area contributed by atoms with Gasteiger partial charge >= 0.3 is 5.97 Å². The van der Waals surface area contributed by atoms with Crippen LogP contribution in [0.4, 0.5) is 0 Å². The van der Waals surface area contributed by atoms with Crippen molar-refractivity contribution in [1.29, 1.82) is 0 Å². The summed E-state index contributed by atoms with van der Waals surface area (Å²) in [5.74, 6) is -0.117. The maximum atomic E-state index is 11.4. The molecule has 2 atom stereocenters. The first kappa shape index (κ1) is 12.5. The number of carbonyl (C=O) groups is 1. The standard InChI is InChI=1S/C12H22O3/c1-5-6-9-10(14-9)7-8-11(13)15-12(2,3)4/h9-10H,5-8H2,1-4H3/t9-,10+/m1/s1. The molecule has 1 aliphatic rings. The van der Waals surface area contributed by atoms with Gasteiger partial charge < -0.3 is 9.47 Å². The van der Waals surface area contributed by atoms with Gasteiger partial charge in [0.15, 0.2) is 0 Å². The zero-order valence-corrected chi connectivity index (χ0v) is 10.2. The Balaban J connectivity index is 2.09. The van der Waals surface area contributed by atoms with Crippen LogP contribution >= 0.6 is 0 Å². The summed E-state index contributed by atoms with van der Waals surface area (Å²) in [5, 5.41) is 0. The highest BCUT2D eigenvalue weighted by Gasteiger charge is 2.37. The third kappa shape index (κ3) is 5.17. The summed E-state index contributed by atoms with van der Waals surface area (Å²) in [7, 11) is 0. The van der Waals surface area contributed by atoms with E-state index in [2.05, 4.69) is 6.92 Å². The topological polar surface area (TPSA) is 38.8 Å². The molecule has 88 valence electrons. The van der Waals surface area contributed by atoms with E-state index in [1.165, 1.54) is 0 Å². The summed E-state index contributed by atoms with van der Waals surface area (Å²) in [6.45, 7) is 7.81. The van der Waals surface area contributed by atoms with Gasteiger partial charge in [0.05, 0.1) is 12.2 Å². The molecule has 0 saturated carbocycles. The number of carbonyl (C=O) groups excluding carboxylic acids is 1. The molecule has 0 N–H and O–H groups in total. The van der Waals surface area contributed by atoms with Gasteiger partial charge in [0.1, 0.15) is 5.60 Å². The quantitative estimate of drug-likeness (QED) is 0.521. The molecule has 0 aliphatic carbocycles. The van der Waals surface area contributed by atoms with Crippen molar-refractivity contribution in [1.82, 2.24) is 0 Å². The molecule has 15 heavy (non-hydrogen) atoms. The van der Waals surface area contributed by atoms with E-state index < -0.39 is 0 Å².